The molecule has 0 bridgehead atoms. The molecule has 0 atom stereocenters. The molecule has 0 fully saturated rings. The summed E-state index contributed by atoms with van der Waals surface area (Å²) in [7, 11) is 0. The quantitative estimate of drug-likeness (QED) is 0.465. The summed E-state index contributed by atoms with van der Waals surface area (Å²) in [6.45, 7) is -0.830. The van der Waals surface area contributed by atoms with E-state index in [2.05, 4.69) is 15.0 Å². The Morgan fingerprint density at radius 2 is 1.16 bits per heavy atom. The second-order valence-electron chi connectivity index (χ2n) is 6.57. The number of aliphatic carboxylic acids is 2. The predicted molar refractivity (Wildman–Crippen MR) is 108 cm³/mol. The molecule has 0 saturated carbocycles. The first-order chi connectivity index (χ1) is 14.8. The monoisotopic (exact) mass is 422 g/mol. The van der Waals surface area contributed by atoms with Crippen LogP contribution in [0.3, 0.4) is 0 Å². The van der Waals surface area contributed by atoms with Gasteiger partial charge in [0.25, 0.3) is 0 Å². The van der Waals surface area contributed by atoms with Gasteiger partial charge in [0, 0.05) is 6.54 Å². The van der Waals surface area contributed by atoms with Crippen molar-refractivity contribution in [3.63, 3.8) is 0 Å². The van der Waals surface area contributed by atoms with Crippen LogP contribution in [0.1, 0.15) is 16.2 Å². The molecule has 0 aliphatic heterocycles. The van der Waals surface area contributed by atoms with Crippen molar-refractivity contribution in [2.45, 2.75) is 6.54 Å². The van der Waals surface area contributed by atoms with Crippen LogP contribution in [0, 0.1) is 0 Å². The molecule has 158 valence electrons. The van der Waals surface area contributed by atoms with E-state index in [9.17, 15) is 14.4 Å². The number of hydrogen-bond acceptors (Lipinski definition) is 7. The zero-order chi connectivity index (χ0) is 22.4. The highest BCUT2D eigenvalue weighted by atomic mass is 16.4. The molecule has 0 aromatic carbocycles. The molecule has 3 aromatic heterocycles. The van der Waals surface area contributed by atoms with Crippen molar-refractivity contribution < 1.29 is 29.7 Å². The Hall–Kier alpha value is -4.18. The first kappa shape index (κ1) is 21.5. The fourth-order valence-electron chi connectivity index (χ4n) is 2.91. The summed E-state index contributed by atoms with van der Waals surface area (Å²) >= 11 is 0. The van der Waals surface area contributed by atoms with Gasteiger partial charge in [-0.15, -0.1) is 0 Å². The maximum Gasteiger partial charge on any atom is 0.354 e. The fourth-order valence-corrected chi connectivity index (χ4v) is 2.91. The van der Waals surface area contributed by atoms with Gasteiger partial charge in [-0.05, 0) is 36.4 Å². The van der Waals surface area contributed by atoms with Gasteiger partial charge >= 0.3 is 17.9 Å². The Labute approximate surface area is 176 Å². The highest BCUT2D eigenvalue weighted by molar-refractivity contribution is 5.86. The number of nitrogens with zero attached hydrogens (tertiary/aromatic N) is 4. The smallest absolute Gasteiger partial charge is 0.354 e. The zero-order valence-electron chi connectivity index (χ0n) is 16.2. The molecule has 31 heavy (non-hydrogen) atoms. The van der Waals surface area contributed by atoms with Crippen LogP contribution in [0.4, 0.5) is 0 Å². The molecular formula is C21H18N4O6. The van der Waals surface area contributed by atoms with Gasteiger partial charge in [0.1, 0.15) is 5.69 Å². The van der Waals surface area contributed by atoms with Gasteiger partial charge in [0.15, 0.2) is 0 Å². The third-order valence-corrected chi connectivity index (χ3v) is 4.15. The average Bonchev–Trinajstić information content (AvgIpc) is 2.73. The van der Waals surface area contributed by atoms with E-state index >= 15 is 0 Å². The van der Waals surface area contributed by atoms with Crippen molar-refractivity contribution in [1.29, 1.82) is 0 Å². The van der Waals surface area contributed by atoms with Gasteiger partial charge in [-0.25, -0.2) is 19.7 Å². The van der Waals surface area contributed by atoms with Gasteiger partial charge in [-0.3, -0.25) is 14.5 Å². The lowest BCUT2D eigenvalue weighted by molar-refractivity contribution is -0.142. The van der Waals surface area contributed by atoms with E-state index in [-0.39, 0.29) is 12.2 Å². The molecule has 0 spiro atoms. The van der Waals surface area contributed by atoms with Gasteiger partial charge < -0.3 is 15.3 Å². The fraction of sp³-hybridized carbons (Fsp3) is 0.143. The van der Waals surface area contributed by atoms with Gasteiger partial charge in [-0.1, -0.05) is 18.2 Å². The maximum atomic E-state index is 11.2. The molecule has 3 heterocycles. The highest BCUT2D eigenvalue weighted by Crippen LogP contribution is 2.21. The summed E-state index contributed by atoms with van der Waals surface area (Å²) in [5.41, 5.74) is 2.25. The number of hydrogen-bond donors (Lipinski definition) is 3. The normalized spacial score (nSPS) is 10.7. The number of aromatic nitrogens is 3. The Morgan fingerprint density at radius 3 is 1.71 bits per heavy atom. The molecule has 3 rings (SSSR count). The van der Waals surface area contributed by atoms with Crippen LogP contribution >= 0.6 is 0 Å². The molecule has 3 aromatic rings. The summed E-state index contributed by atoms with van der Waals surface area (Å²) in [5, 5.41) is 27.1. The largest absolute Gasteiger partial charge is 0.480 e. The molecule has 0 aliphatic carbocycles. The zero-order valence-corrected chi connectivity index (χ0v) is 16.2. The second-order valence-corrected chi connectivity index (χ2v) is 6.57. The van der Waals surface area contributed by atoms with Crippen LogP contribution in [0.15, 0.2) is 54.6 Å². The topological polar surface area (TPSA) is 154 Å². The molecular weight excluding hydrogens is 404 g/mol. The van der Waals surface area contributed by atoms with E-state index in [0.717, 1.165) is 0 Å². The van der Waals surface area contributed by atoms with Gasteiger partial charge in [-0.2, -0.15) is 0 Å². The van der Waals surface area contributed by atoms with Crippen molar-refractivity contribution in [3.05, 3.63) is 66.0 Å². The van der Waals surface area contributed by atoms with E-state index in [1.54, 1.807) is 48.5 Å². The van der Waals surface area contributed by atoms with Crippen molar-refractivity contribution in [3.8, 4) is 22.8 Å². The van der Waals surface area contributed by atoms with Crippen LogP contribution in [-0.2, 0) is 16.1 Å². The van der Waals surface area contributed by atoms with Crippen molar-refractivity contribution >= 4 is 17.9 Å². The predicted octanol–water partition coefficient (Wildman–Crippen LogP) is 1.87. The van der Waals surface area contributed by atoms with Crippen LogP contribution in [0.2, 0.25) is 0 Å². The van der Waals surface area contributed by atoms with E-state index < -0.39 is 31.0 Å². The number of carboxylic acid groups (broad SMARTS) is 3. The van der Waals surface area contributed by atoms with Crippen LogP contribution in [-0.4, -0.2) is 66.2 Å². The molecule has 10 heteroatoms. The average molecular weight is 422 g/mol. The summed E-state index contributed by atoms with van der Waals surface area (Å²) < 4.78 is 0. The molecule has 10 nitrogen and oxygen atoms in total. The summed E-state index contributed by atoms with van der Waals surface area (Å²) in [6.07, 6.45) is 0. The summed E-state index contributed by atoms with van der Waals surface area (Å²) in [5.74, 6) is -3.41. The Bertz CT molecular complexity index is 1120. The first-order valence-electron chi connectivity index (χ1n) is 9.12. The second kappa shape index (κ2) is 9.55. The van der Waals surface area contributed by atoms with E-state index in [1.807, 2.05) is 0 Å². The number of carboxylic acids is 3. The minimum absolute atomic E-state index is 0.0361. The molecule has 0 unspecified atom stereocenters. The van der Waals surface area contributed by atoms with Crippen LogP contribution < -0.4 is 0 Å². The van der Waals surface area contributed by atoms with Crippen LogP contribution in [0.5, 0.6) is 0 Å². The Balaban J connectivity index is 1.88. The van der Waals surface area contributed by atoms with E-state index in [1.165, 1.54) is 11.0 Å². The molecule has 0 aliphatic rings. The molecule has 0 amide bonds. The number of rotatable bonds is 9. The standard InChI is InChI=1S/C21H18N4O6/c26-19(27)11-25(12-20(28)29)10-13-4-1-5-14(22-13)15-6-2-7-16(23-15)17-8-3-9-18(24-17)21(30)31/h1-9H,10-12H2,(H,26,27)(H,28,29)(H,30,31). The van der Waals surface area contributed by atoms with Crippen molar-refractivity contribution in [2.24, 2.45) is 0 Å². The number of carbonyl (C=O) groups is 3. The first-order valence-corrected chi connectivity index (χ1v) is 9.12. The third-order valence-electron chi connectivity index (χ3n) is 4.15. The lowest BCUT2D eigenvalue weighted by Gasteiger charge is -2.17. The number of aromatic carboxylic acids is 1. The Morgan fingerprint density at radius 1 is 0.677 bits per heavy atom. The summed E-state index contributed by atoms with van der Waals surface area (Å²) in [6, 6.07) is 14.9. The van der Waals surface area contributed by atoms with E-state index in [4.69, 9.17) is 15.3 Å². The van der Waals surface area contributed by atoms with E-state index in [0.29, 0.717) is 28.5 Å². The number of pyridine rings is 3. The Kier molecular flexibility index (Phi) is 6.63. The van der Waals surface area contributed by atoms with Crippen LogP contribution in [0.25, 0.3) is 22.8 Å². The molecule has 0 radical (unpaired) electrons. The lowest BCUT2D eigenvalue weighted by Crippen LogP contribution is -2.34. The van der Waals surface area contributed by atoms with Gasteiger partial charge in [0.05, 0.1) is 41.6 Å². The third kappa shape index (κ3) is 5.90. The summed E-state index contributed by atoms with van der Waals surface area (Å²) in [4.78, 5) is 47.5. The SMILES string of the molecule is O=C(O)CN(CC(=O)O)Cc1cccc(-c2cccc(-c3cccc(C(=O)O)n3)n2)n1. The lowest BCUT2D eigenvalue weighted by atomic mass is 10.2. The van der Waals surface area contributed by atoms with Crippen molar-refractivity contribution in [1.82, 2.24) is 19.9 Å². The maximum absolute atomic E-state index is 11.2. The minimum Gasteiger partial charge on any atom is -0.480 e. The molecule has 0 saturated heterocycles. The molecule has 3 N–H and O–H groups in total. The van der Waals surface area contributed by atoms with Gasteiger partial charge in [0.2, 0.25) is 0 Å². The minimum atomic E-state index is -1.14. The van der Waals surface area contributed by atoms with Crippen molar-refractivity contribution in [2.75, 3.05) is 13.1 Å². The highest BCUT2D eigenvalue weighted by Gasteiger charge is 2.15.